The number of aromatic nitrogens is 1. The topological polar surface area (TPSA) is 127 Å². The van der Waals surface area contributed by atoms with E-state index in [4.69, 9.17) is 14.2 Å². The predicted octanol–water partition coefficient (Wildman–Crippen LogP) is 6.14. The minimum atomic E-state index is -0.712. The molecule has 11 heteroatoms. The molecule has 1 aromatic heterocycles. The average Bonchev–Trinajstić information content (AvgIpc) is 3.13. The van der Waals surface area contributed by atoms with Gasteiger partial charge in [0.05, 0.1) is 36.9 Å². The Kier molecular flexibility index (Phi) is 11.8. The predicted molar refractivity (Wildman–Crippen MR) is 182 cm³/mol. The molecule has 0 fully saturated rings. The Bertz CT molecular complexity index is 1690. The summed E-state index contributed by atoms with van der Waals surface area (Å²) in [5.74, 6) is 5.66. The second-order valence-electron chi connectivity index (χ2n) is 12.3. The first-order chi connectivity index (χ1) is 22.9. The molecular weight excluding hydrogens is 612 g/mol. The van der Waals surface area contributed by atoms with Crippen molar-refractivity contribution in [3.8, 4) is 17.6 Å². The van der Waals surface area contributed by atoms with Crippen LogP contribution in [0.15, 0.2) is 66.9 Å². The van der Waals surface area contributed by atoms with Crippen molar-refractivity contribution in [1.29, 1.82) is 0 Å². The Morgan fingerprint density at radius 3 is 2.48 bits per heavy atom. The third kappa shape index (κ3) is 9.35. The number of fused-ring (bicyclic) bond motifs is 1. The van der Waals surface area contributed by atoms with Crippen LogP contribution in [0, 0.1) is 11.8 Å². The molecule has 1 aliphatic rings. The van der Waals surface area contributed by atoms with Crippen molar-refractivity contribution in [2.75, 3.05) is 30.0 Å². The second kappa shape index (κ2) is 16.0. The van der Waals surface area contributed by atoms with Crippen LogP contribution in [0.25, 0.3) is 0 Å². The van der Waals surface area contributed by atoms with E-state index in [1.807, 2.05) is 44.2 Å². The van der Waals surface area contributed by atoms with Crippen LogP contribution in [-0.2, 0) is 19.1 Å². The molecule has 48 heavy (non-hydrogen) atoms. The van der Waals surface area contributed by atoms with Gasteiger partial charge in [-0.2, -0.15) is 0 Å². The van der Waals surface area contributed by atoms with E-state index >= 15 is 0 Å². The van der Waals surface area contributed by atoms with Crippen LogP contribution in [0.3, 0.4) is 0 Å². The molecule has 0 spiro atoms. The van der Waals surface area contributed by atoms with Gasteiger partial charge in [-0.05, 0) is 77.4 Å². The van der Waals surface area contributed by atoms with Gasteiger partial charge in [0.2, 0.25) is 5.91 Å². The van der Waals surface area contributed by atoms with Gasteiger partial charge in [0.1, 0.15) is 12.1 Å². The van der Waals surface area contributed by atoms with E-state index in [1.165, 1.54) is 11.1 Å². The lowest BCUT2D eigenvalue weighted by Gasteiger charge is -2.31. The van der Waals surface area contributed by atoms with Crippen molar-refractivity contribution >= 4 is 35.4 Å². The maximum atomic E-state index is 14.3. The van der Waals surface area contributed by atoms with Gasteiger partial charge in [-0.3, -0.25) is 19.7 Å². The number of nitrogens with one attached hydrogen (secondary N) is 1. The fourth-order valence-corrected chi connectivity index (χ4v) is 5.23. The molecule has 11 nitrogen and oxygen atoms in total. The first-order valence-corrected chi connectivity index (χ1v) is 15.9. The molecule has 1 aliphatic heterocycles. The van der Waals surface area contributed by atoms with Gasteiger partial charge in [-0.1, -0.05) is 42.2 Å². The standard InChI is InChI=1S/C37H42N4O7/c1-7-46-33(43)23-30(27-15-9-8-10-16-27)40-24-32(42)41(25(2)3)29-19-18-26(22-28(29)35(40)44)14-11-12-21-47-31-17-13-20-38-34(31)39-36(45)48-37(4,5)6/h8-10,13,15-20,22,25,30H,7,12,21,23-24H2,1-6H3,(H,38,39,45). The summed E-state index contributed by atoms with van der Waals surface area (Å²) in [5.41, 5.74) is 1.44. The Morgan fingerprint density at radius 2 is 1.79 bits per heavy atom. The van der Waals surface area contributed by atoms with Crippen molar-refractivity contribution in [1.82, 2.24) is 9.88 Å². The summed E-state index contributed by atoms with van der Waals surface area (Å²) < 4.78 is 16.4. The number of benzene rings is 2. The number of rotatable bonds is 10. The molecule has 0 saturated heterocycles. The van der Waals surface area contributed by atoms with Crippen molar-refractivity contribution in [3.05, 3.63) is 83.6 Å². The number of amides is 3. The SMILES string of the molecule is CCOC(=O)CC(c1ccccc1)N1CC(=O)N(C(C)C)c2ccc(C#CCCOc3cccnc3NC(=O)OC(C)(C)C)cc2C1=O. The Balaban J connectivity index is 1.56. The molecule has 1 unspecified atom stereocenters. The summed E-state index contributed by atoms with van der Waals surface area (Å²) in [4.78, 5) is 60.1. The lowest BCUT2D eigenvalue weighted by molar-refractivity contribution is -0.144. The van der Waals surface area contributed by atoms with Crippen molar-refractivity contribution in [3.63, 3.8) is 0 Å². The van der Waals surface area contributed by atoms with E-state index in [0.29, 0.717) is 29.0 Å². The Morgan fingerprint density at radius 1 is 1.04 bits per heavy atom. The van der Waals surface area contributed by atoms with E-state index < -0.39 is 23.7 Å². The number of pyridine rings is 1. The molecule has 2 heterocycles. The van der Waals surface area contributed by atoms with Crippen LogP contribution in [0.5, 0.6) is 5.75 Å². The molecule has 3 amide bonds. The van der Waals surface area contributed by atoms with Crippen LogP contribution in [-0.4, -0.2) is 65.2 Å². The molecule has 0 saturated carbocycles. The molecule has 3 aromatic rings. The maximum absolute atomic E-state index is 14.3. The number of hydrogen-bond acceptors (Lipinski definition) is 8. The van der Waals surface area contributed by atoms with E-state index in [9.17, 15) is 19.2 Å². The quantitative estimate of drug-likeness (QED) is 0.157. The number of carbonyl (C=O) groups is 4. The Hall–Kier alpha value is -5.37. The molecule has 4 rings (SSSR count). The number of nitrogens with zero attached hydrogens (tertiary/aromatic N) is 3. The van der Waals surface area contributed by atoms with E-state index in [2.05, 4.69) is 22.1 Å². The van der Waals surface area contributed by atoms with Gasteiger partial charge in [-0.15, -0.1) is 0 Å². The zero-order valence-electron chi connectivity index (χ0n) is 28.2. The van der Waals surface area contributed by atoms with Crippen molar-refractivity contribution in [2.45, 2.75) is 72.1 Å². The number of ether oxygens (including phenoxy) is 3. The van der Waals surface area contributed by atoms with Crippen LogP contribution >= 0.6 is 0 Å². The highest BCUT2D eigenvalue weighted by molar-refractivity contribution is 6.10. The molecule has 0 radical (unpaired) electrons. The van der Waals surface area contributed by atoms with Crippen molar-refractivity contribution in [2.24, 2.45) is 0 Å². The Labute approximate surface area is 281 Å². The van der Waals surface area contributed by atoms with E-state index in [1.54, 1.807) is 62.9 Å². The largest absolute Gasteiger partial charge is 0.489 e. The van der Waals surface area contributed by atoms with Gasteiger partial charge in [-0.25, -0.2) is 9.78 Å². The number of esters is 1. The number of carbonyl (C=O) groups excluding carboxylic acids is 4. The van der Waals surface area contributed by atoms with Crippen molar-refractivity contribution < 1.29 is 33.4 Å². The summed E-state index contributed by atoms with van der Waals surface area (Å²) >= 11 is 0. The van der Waals surface area contributed by atoms with Gasteiger partial charge in [0.25, 0.3) is 5.91 Å². The summed E-state index contributed by atoms with van der Waals surface area (Å²) in [6.07, 6.45) is 1.13. The van der Waals surface area contributed by atoms with E-state index in [-0.39, 0.29) is 49.9 Å². The molecular formula is C37H42N4O7. The summed E-state index contributed by atoms with van der Waals surface area (Å²) in [6.45, 7) is 11.0. The smallest absolute Gasteiger partial charge is 0.413 e. The highest BCUT2D eigenvalue weighted by atomic mass is 16.6. The van der Waals surface area contributed by atoms with Crippen LogP contribution in [0.1, 0.15) is 81.9 Å². The second-order valence-corrected chi connectivity index (χ2v) is 12.3. The van der Waals surface area contributed by atoms with Crippen LogP contribution in [0.2, 0.25) is 0 Å². The van der Waals surface area contributed by atoms with Gasteiger partial charge in [0.15, 0.2) is 11.6 Å². The monoisotopic (exact) mass is 654 g/mol. The van der Waals surface area contributed by atoms with E-state index in [0.717, 1.165) is 5.56 Å². The van der Waals surface area contributed by atoms with Gasteiger partial charge < -0.3 is 24.0 Å². The van der Waals surface area contributed by atoms with Gasteiger partial charge >= 0.3 is 12.1 Å². The third-order valence-corrected chi connectivity index (χ3v) is 7.17. The van der Waals surface area contributed by atoms with Crippen LogP contribution < -0.4 is 15.0 Å². The normalized spacial score (nSPS) is 13.6. The minimum Gasteiger partial charge on any atom is -0.489 e. The van der Waals surface area contributed by atoms with Crippen LogP contribution in [0.4, 0.5) is 16.3 Å². The average molecular weight is 655 g/mol. The highest BCUT2D eigenvalue weighted by Gasteiger charge is 2.37. The minimum absolute atomic E-state index is 0.0979. The molecule has 0 bridgehead atoms. The first-order valence-electron chi connectivity index (χ1n) is 15.9. The summed E-state index contributed by atoms with van der Waals surface area (Å²) in [6, 6.07) is 16.8. The lowest BCUT2D eigenvalue weighted by atomic mass is 10.00. The highest BCUT2D eigenvalue weighted by Crippen LogP contribution is 2.34. The zero-order chi connectivity index (χ0) is 34.8. The fraction of sp³-hybridized carbons (Fsp3) is 0.378. The zero-order valence-corrected chi connectivity index (χ0v) is 28.2. The maximum Gasteiger partial charge on any atom is 0.413 e. The molecule has 1 N–H and O–H groups in total. The third-order valence-electron chi connectivity index (χ3n) is 7.17. The lowest BCUT2D eigenvalue weighted by Crippen LogP contribution is -2.44. The number of hydrogen-bond donors (Lipinski definition) is 1. The summed E-state index contributed by atoms with van der Waals surface area (Å²) in [7, 11) is 0. The fourth-order valence-electron chi connectivity index (χ4n) is 5.23. The molecule has 0 aliphatic carbocycles. The first kappa shape index (κ1) is 35.5. The summed E-state index contributed by atoms with van der Waals surface area (Å²) in [5, 5.41) is 2.60. The molecule has 252 valence electrons. The van der Waals surface area contributed by atoms with Gasteiger partial charge in [0, 0.05) is 24.2 Å². The molecule has 1 atom stereocenters. The number of anilines is 2. The molecule has 2 aromatic carbocycles.